The molecule has 192 valence electrons. The lowest BCUT2D eigenvalue weighted by Gasteiger charge is -2.25. The molecule has 2 aromatic carbocycles. The summed E-state index contributed by atoms with van der Waals surface area (Å²) in [5.41, 5.74) is 7.14. The molecule has 1 amide bonds. The number of rotatable bonds is 6. The molecule has 2 aromatic heterocycles. The number of amides is 1. The molecule has 0 unspecified atom stereocenters. The van der Waals surface area contributed by atoms with E-state index in [1.807, 2.05) is 36.2 Å². The number of hydrogen-bond donors (Lipinski definition) is 1. The smallest absolute Gasteiger partial charge is 0.325 e. The number of hydrogen-bond acceptors (Lipinski definition) is 7. The van der Waals surface area contributed by atoms with Gasteiger partial charge in [0.2, 0.25) is 5.95 Å². The monoisotopic (exact) mass is 508 g/mol. The van der Waals surface area contributed by atoms with E-state index < -0.39 is 0 Å². The van der Waals surface area contributed by atoms with Gasteiger partial charge >= 0.3 is 5.97 Å². The van der Waals surface area contributed by atoms with Gasteiger partial charge in [-0.25, -0.2) is 15.0 Å². The van der Waals surface area contributed by atoms with Crippen LogP contribution in [-0.4, -0.2) is 56.5 Å². The fourth-order valence-corrected chi connectivity index (χ4v) is 6.01. The van der Waals surface area contributed by atoms with Gasteiger partial charge in [0.25, 0.3) is 5.91 Å². The van der Waals surface area contributed by atoms with Gasteiger partial charge < -0.3 is 19.5 Å². The molecule has 4 aromatic rings. The molecule has 9 nitrogen and oxygen atoms in total. The molecule has 1 fully saturated rings. The van der Waals surface area contributed by atoms with E-state index >= 15 is 0 Å². The first-order valence-corrected chi connectivity index (χ1v) is 13.2. The molecule has 2 atom stereocenters. The average Bonchev–Trinajstić information content (AvgIpc) is 3.65. The van der Waals surface area contributed by atoms with Gasteiger partial charge in [0.05, 0.1) is 29.7 Å². The van der Waals surface area contributed by atoms with E-state index in [0.717, 1.165) is 40.0 Å². The summed E-state index contributed by atoms with van der Waals surface area (Å²) in [7, 11) is 1.90. The van der Waals surface area contributed by atoms with Crippen molar-refractivity contribution in [3.05, 3.63) is 71.3 Å². The fourth-order valence-electron chi connectivity index (χ4n) is 6.01. The molecular weight excluding hydrogens is 480 g/mol. The number of carbonyl (C=O) groups excluding carboxylic acids is 2. The molecule has 7 rings (SSSR count). The zero-order valence-electron chi connectivity index (χ0n) is 21.3. The Kier molecular flexibility index (Phi) is 5.21. The minimum atomic E-state index is -0.347. The van der Waals surface area contributed by atoms with Crippen LogP contribution in [0.25, 0.3) is 22.2 Å². The summed E-state index contributed by atoms with van der Waals surface area (Å²) in [5, 5.41) is 2.89. The SMILES string of the molecule is CCOC(=O)CNc1ncc(-c2ccc3nc4n(c3c2)[C@@H]2C[C@H]4N(C)C(=O)c3cccc(C4CC4)c32)cn1. The van der Waals surface area contributed by atoms with E-state index in [-0.39, 0.29) is 30.5 Å². The van der Waals surface area contributed by atoms with E-state index in [9.17, 15) is 9.59 Å². The summed E-state index contributed by atoms with van der Waals surface area (Å²) in [6.07, 6.45) is 6.70. The minimum absolute atomic E-state index is 0.0188. The van der Waals surface area contributed by atoms with Crippen LogP contribution in [0.4, 0.5) is 5.95 Å². The quantitative estimate of drug-likeness (QED) is 0.384. The Bertz CT molecular complexity index is 1590. The number of anilines is 1. The van der Waals surface area contributed by atoms with Gasteiger partial charge in [-0.1, -0.05) is 18.2 Å². The predicted molar refractivity (Wildman–Crippen MR) is 142 cm³/mol. The Morgan fingerprint density at radius 3 is 2.68 bits per heavy atom. The Balaban J connectivity index is 1.28. The first-order chi connectivity index (χ1) is 18.5. The highest BCUT2D eigenvalue weighted by Crippen LogP contribution is 2.52. The molecule has 4 heterocycles. The summed E-state index contributed by atoms with van der Waals surface area (Å²) < 4.78 is 7.29. The molecule has 9 heteroatoms. The standard InChI is InChI=1S/C29H28N6O3/c1-3-38-25(36)15-32-29-30-13-18(14-31-29)17-9-10-21-22(11-17)35-23-12-24(27(35)33-21)34(2)28(37)20-6-4-5-19(26(20)23)16-7-8-16/h4-6,9-11,13-14,16,23-24H,3,7-8,12,15H2,1-2H3,(H,30,31,32)/t23-,24-/m1/s1. The summed E-state index contributed by atoms with van der Waals surface area (Å²) in [6.45, 7) is 2.13. The zero-order valence-corrected chi connectivity index (χ0v) is 21.3. The third-order valence-electron chi connectivity index (χ3n) is 7.96. The second-order valence-corrected chi connectivity index (χ2v) is 10.3. The summed E-state index contributed by atoms with van der Waals surface area (Å²) in [6, 6.07) is 12.4. The van der Waals surface area contributed by atoms with Crippen molar-refractivity contribution in [3.63, 3.8) is 0 Å². The zero-order chi connectivity index (χ0) is 26.0. The molecule has 0 saturated heterocycles. The third kappa shape index (κ3) is 3.56. The maximum atomic E-state index is 13.5. The molecule has 0 radical (unpaired) electrons. The number of esters is 1. The maximum Gasteiger partial charge on any atom is 0.325 e. The van der Waals surface area contributed by atoms with Crippen LogP contribution in [0.1, 0.15) is 71.5 Å². The first-order valence-electron chi connectivity index (χ1n) is 13.2. The van der Waals surface area contributed by atoms with Crippen LogP contribution >= 0.6 is 0 Å². The van der Waals surface area contributed by atoms with Crippen LogP contribution in [-0.2, 0) is 9.53 Å². The van der Waals surface area contributed by atoms with Crippen molar-refractivity contribution in [2.45, 2.75) is 44.2 Å². The van der Waals surface area contributed by atoms with Crippen LogP contribution in [0, 0.1) is 0 Å². The number of carbonyl (C=O) groups is 2. The van der Waals surface area contributed by atoms with E-state index in [1.165, 1.54) is 24.0 Å². The van der Waals surface area contributed by atoms with Crippen LogP contribution in [0.2, 0.25) is 0 Å². The van der Waals surface area contributed by atoms with Gasteiger partial charge in [0.1, 0.15) is 12.4 Å². The van der Waals surface area contributed by atoms with Crippen molar-refractivity contribution in [3.8, 4) is 11.1 Å². The molecule has 1 saturated carbocycles. The minimum Gasteiger partial charge on any atom is -0.465 e. The molecule has 1 aliphatic carbocycles. The van der Waals surface area contributed by atoms with Gasteiger partial charge in [-0.15, -0.1) is 0 Å². The molecule has 38 heavy (non-hydrogen) atoms. The van der Waals surface area contributed by atoms with Gasteiger partial charge in [-0.05, 0) is 60.6 Å². The lowest BCUT2D eigenvalue weighted by Crippen LogP contribution is -2.30. The number of nitrogens with one attached hydrogen (secondary N) is 1. The number of fused-ring (bicyclic) bond motifs is 9. The van der Waals surface area contributed by atoms with E-state index in [0.29, 0.717) is 18.5 Å². The molecule has 0 spiro atoms. The van der Waals surface area contributed by atoms with Crippen molar-refractivity contribution in [1.82, 2.24) is 24.4 Å². The van der Waals surface area contributed by atoms with Gasteiger partial charge in [0.15, 0.2) is 0 Å². The number of aromatic nitrogens is 4. The number of benzene rings is 2. The third-order valence-corrected chi connectivity index (χ3v) is 7.96. The van der Waals surface area contributed by atoms with Crippen molar-refractivity contribution in [2.24, 2.45) is 0 Å². The highest BCUT2D eigenvalue weighted by molar-refractivity contribution is 5.97. The lowest BCUT2D eigenvalue weighted by molar-refractivity contribution is -0.140. The number of nitrogens with zero attached hydrogens (tertiary/aromatic N) is 5. The van der Waals surface area contributed by atoms with Crippen LogP contribution in [0.15, 0.2) is 48.8 Å². The highest BCUT2D eigenvalue weighted by Gasteiger charge is 2.45. The first kappa shape index (κ1) is 22.9. The Morgan fingerprint density at radius 1 is 1.11 bits per heavy atom. The topological polar surface area (TPSA) is 102 Å². The van der Waals surface area contributed by atoms with Crippen molar-refractivity contribution >= 4 is 28.9 Å². The van der Waals surface area contributed by atoms with Crippen molar-refractivity contribution in [2.75, 3.05) is 25.5 Å². The van der Waals surface area contributed by atoms with Crippen LogP contribution < -0.4 is 5.32 Å². The lowest BCUT2D eigenvalue weighted by atomic mass is 9.91. The second-order valence-electron chi connectivity index (χ2n) is 10.3. The molecule has 2 bridgehead atoms. The molecule has 3 aliphatic rings. The van der Waals surface area contributed by atoms with E-state index in [2.05, 4.69) is 32.0 Å². The van der Waals surface area contributed by atoms with Gasteiger partial charge in [-0.2, -0.15) is 0 Å². The summed E-state index contributed by atoms with van der Waals surface area (Å²) in [5.74, 6) is 1.60. The predicted octanol–water partition coefficient (Wildman–Crippen LogP) is 4.47. The highest BCUT2D eigenvalue weighted by atomic mass is 16.5. The molecular formula is C29H28N6O3. The van der Waals surface area contributed by atoms with Crippen molar-refractivity contribution in [1.29, 1.82) is 0 Å². The number of ether oxygens (including phenoxy) is 1. The Hall–Kier alpha value is -4.27. The normalized spacial score (nSPS) is 19.7. The Morgan fingerprint density at radius 2 is 1.92 bits per heavy atom. The molecule has 2 aliphatic heterocycles. The van der Waals surface area contributed by atoms with Crippen molar-refractivity contribution < 1.29 is 14.3 Å². The summed E-state index contributed by atoms with van der Waals surface area (Å²) in [4.78, 5) is 40.7. The largest absolute Gasteiger partial charge is 0.465 e. The molecule has 1 N–H and O–H groups in total. The summed E-state index contributed by atoms with van der Waals surface area (Å²) >= 11 is 0. The van der Waals surface area contributed by atoms with Gasteiger partial charge in [-0.3, -0.25) is 9.59 Å². The second kappa shape index (κ2) is 8.65. The van der Waals surface area contributed by atoms with E-state index in [4.69, 9.17) is 9.72 Å². The fraction of sp³-hybridized carbons (Fsp3) is 0.345. The maximum absolute atomic E-state index is 13.5. The average molecular weight is 509 g/mol. The Labute approximate surface area is 219 Å². The van der Waals surface area contributed by atoms with Crippen LogP contribution in [0.5, 0.6) is 0 Å². The number of imidazole rings is 1. The van der Waals surface area contributed by atoms with Crippen LogP contribution in [0.3, 0.4) is 0 Å². The van der Waals surface area contributed by atoms with Gasteiger partial charge in [0, 0.05) is 37.0 Å². The van der Waals surface area contributed by atoms with E-state index in [1.54, 1.807) is 19.3 Å².